The molecule has 3 rings (SSSR count). The lowest BCUT2D eigenvalue weighted by Gasteiger charge is -2.12. The lowest BCUT2D eigenvalue weighted by Crippen LogP contribution is -2.22. The fourth-order valence-corrected chi connectivity index (χ4v) is 2.46. The quantitative estimate of drug-likeness (QED) is 0.734. The van der Waals surface area contributed by atoms with E-state index < -0.39 is 6.10 Å². The third-order valence-electron chi connectivity index (χ3n) is 3.54. The molecule has 0 saturated carbocycles. The molecular weight excluding hydrogens is 278 g/mol. The Hall–Kier alpha value is -2.37. The number of aliphatic hydroxyl groups is 1. The van der Waals surface area contributed by atoms with Gasteiger partial charge in [0.2, 0.25) is 0 Å². The molecule has 5 heteroatoms. The first kappa shape index (κ1) is 14.6. The van der Waals surface area contributed by atoms with E-state index in [-0.39, 0.29) is 0 Å². The summed E-state index contributed by atoms with van der Waals surface area (Å²) in [7, 11) is 0. The van der Waals surface area contributed by atoms with Crippen LogP contribution in [0, 0.1) is 6.92 Å². The van der Waals surface area contributed by atoms with Gasteiger partial charge >= 0.3 is 0 Å². The molecule has 0 amide bonds. The van der Waals surface area contributed by atoms with E-state index in [4.69, 9.17) is 4.42 Å². The molecule has 3 aromatic rings. The summed E-state index contributed by atoms with van der Waals surface area (Å²) in [6.07, 6.45) is 2.77. The lowest BCUT2D eigenvalue weighted by molar-refractivity contribution is 0.147. The Balaban J connectivity index is 1.66. The van der Waals surface area contributed by atoms with Crippen LogP contribution in [-0.2, 0) is 6.54 Å². The van der Waals surface area contributed by atoms with Crippen molar-refractivity contribution < 1.29 is 9.52 Å². The second kappa shape index (κ2) is 6.60. The number of aromatic nitrogens is 2. The first-order chi connectivity index (χ1) is 10.8. The Morgan fingerprint density at radius 2 is 2.05 bits per heavy atom. The molecule has 0 fully saturated rings. The predicted octanol–water partition coefficient (Wildman–Crippen LogP) is 2.60. The Labute approximate surface area is 129 Å². The molecular formula is C17H19N3O2. The number of rotatable bonds is 6. The molecule has 0 aliphatic heterocycles. The Bertz CT molecular complexity index is 705. The molecule has 1 aromatic carbocycles. The van der Waals surface area contributed by atoms with Crippen LogP contribution in [0.25, 0.3) is 5.69 Å². The summed E-state index contributed by atoms with van der Waals surface area (Å²) in [6.45, 7) is 3.02. The molecule has 1 unspecified atom stereocenters. The minimum atomic E-state index is -0.649. The van der Waals surface area contributed by atoms with Crippen LogP contribution in [0.5, 0.6) is 0 Å². The van der Waals surface area contributed by atoms with Crippen molar-refractivity contribution in [2.24, 2.45) is 0 Å². The predicted molar refractivity (Wildman–Crippen MR) is 83.7 cm³/mol. The average Bonchev–Trinajstić information content (AvgIpc) is 3.18. The zero-order chi connectivity index (χ0) is 15.4. The van der Waals surface area contributed by atoms with Crippen molar-refractivity contribution in [2.75, 3.05) is 6.54 Å². The molecule has 5 nitrogen and oxygen atoms in total. The van der Waals surface area contributed by atoms with Gasteiger partial charge in [-0.15, -0.1) is 0 Å². The van der Waals surface area contributed by atoms with Gasteiger partial charge in [-0.2, -0.15) is 0 Å². The summed E-state index contributed by atoms with van der Waals surface area (Å²) in [5, 5.41) is 13.2. The van der Waals surface area contributed by atoms with Gasteiger partial charge in [0.1, 0.15) is 17.7 Å². The first-order valence-electron chi connectivity index (χ1n) is 7.26. The monoisotopic (exact) mass is 297 g/mol. The van der Waals surface area contributed by atoms with Crippen molar-refractivity contribution in [3.63, 3.8) is 0 Å². The highest BCUT2D eigenvalue weighted by molar-refractivity contribution is 5.35. The summed E-state index contributed by atoms with van der Waals surface area (Å²) in [5.41, 5.74) is 2.14. The summed E-state index contributed by atoms with van der Waals surface area (Å²) in [6, 6.07) is 13.6. The zero-order valence-corrected chi connectivity index (χ0v) is 12.4. The van der Waals surface area contributed by atoms with Gasteiger partial charge in [0, 0.05) is 18.8 Å². The number of nitrogens with zero attached hydrogens (tertiary/aromatic N) is 2. The maximum Gasteiger partial charge on any atom is 0.133 e. The smallest absolute Gasteiger partial charge is 0.133 e. The van der Waals surface area contributed by atoms with Crippen LogP contribution >= 0.6 is 0 Å². The third-order valence-corrected chi connectivity index (χ3v) is 3.54. The van der Waals surface area contributed by atoms with Crippen LogP contribution in [0.2, 0.25) is 0 Å². The SMILES string of the molecule is Cc1ncc(CNCC(O)c2ccco2)n1-c1ccccc1. The van der Waals surface area contributed by atoms with Crippen LogP contribution in [0.4, 0.5) is 0 Å². The second-order valence-corrected chi connectivity index (χ2v) is 5.13. The maximum absolute atomic E-state index is 10.0. The molecule has 0 spiro atoms. The second-order valence-electron chi connectivity index (χ2n) is 5.13. The van der Waals surface area contributed by atoms with Crippen molar-refractivity contribution in [1.82, 2.24) is 14.9 Å². The highest BCUT2D eigenvalue weighted by atomic mass is 16.4. The average molecular weight is 297 g/mol. The van der Waals surface area contributed by atoms with Crippen LogP contribution < -0.4 is 5.32 Å². The molecule has 0 radical (unpaired) electrons. The van der Waals surface area contributed by atoms with Crippen LogP contribution in [0.15, 0.2) is 59.3 Å². The van der Waals surface area contributed by atoms with E-state index in [0.717, 1.165) is 17.2 Å². The molecule has 2 N–H and O–H groups in total. The molecule has 0 saturated heterocycles. The van der Waals surface area contributed by atoms with Gasteiger partial charge in [0.25, 0.3) is 0 Å². The van der Waals surface area contributed by atoms with Crippen molar-refractivity contribution in [3.8, 4) is 5.69 Å². The standard InChI is InChI=1S/C17H19N3O2/c1-13-19-11-15(20(13)14-6-3-2-4-7-14)10-18-12-16(21)17-8-5-9-22-17/h2-9,11,16,18,21H,10,12H2,1H3. The summed E-state index contributed by atoms with van der Waals surface area (Å²) >= 11 is 0. The number of furan rings is 1. The Morgan fingerprint density at radius 1 is 1.23 bits per heavy atom. The van der Waals surface area contributed by atoms with Gasteiger partial charge in [-0.05, 0) is 31.2 Å². The lowest BCUT2D eigenvalue weighted by atomic mass is 10.2. The van der Waals surface area contributed by atoms with Gasteiger partial charge in [-0.1, -0.05) is 18.2 Å². The largest absolute Gasteiger partial charge is 0.467 e. The van der Waals surface area contributed by atoms with E-state index in [1.165, 1.54) is 0 Å². The number of imidazole rings is 1. The number of benzene rings is 1. The van der Waals surface area contributed by atoms with Crippen molar-refractivity contribution in [3.05, 3.63) is 72.2 Å². The Kier molecular flexibility index (Phi) is 4.37. The van der Waals surface area contributed by atoms with Crippen LogP contribution in [-0.4, -0.2) is 21.2 Å². The maximum atomic E-state index is 10.0. The third kappa shape index (κ3) is 3.10. The van der Waals surface area contributed by atoms with E-state index in [9.17, 15) is 5.11 Å². The molecule has 114 valence electrons. The van der Waals surface area contributed by atoms with Gasteiger partial charge in [-0.25, -0.2) is 4.98 Å². The van der Waals surface area contributed by atoms with Crippen molar-refractivity contribution in [1.29, 1.82) is 0 Å². The summed E-state index contributed by atoms with van der Waals surface area (Å²) in [5.74, 6) is 1.51. The van der Waals surface area contributed by atoms with Crippen LogP contribution in [0.1, 0.15) is 23.4 Å². The number of nitrogens with one attached hydrogen (secondary N) is 1. The zero-order valence-electron chi connectivity index (χ0n) is 12.4. The van der Waals surface area contributed by atoms with Gasteiger partial charge in [-0.3, -0.25) is 4.57 Å². The van der Waals surface area contributed by atoms with E-state index in [2.05, 4.69) is 27.0 Å². The molecule has 0 aliphatic rings. The highest BCUT2D eigenvalue weighted by Gasteiger charge is 2.12. The van der Waals surface area contributed by atoms with Crippen LogP contribution in [0.3, 0.4) is 0 Å². The normalized spacial score (nSPS) is 12.5. The molecule has 22 heavy (non-hydrogen) atoms. The van der Waals surface area contributed by atoms with Gasteiger partial charge in [0.15, 0.2) is 0 Å². The number of aryl methyl sites for hydroxylation is 1. The molecule has 0 aliphatic carbocycles. The fraction of sp³-hybridized carbons (Fsp3) is 0.235. The molecule has 1 atom stereocenters. The summed E-state index contributed by atoms with van der Waals surface area (Å²) in [4.78, 5) is 4.38. The number of hydrogen-bond acceptors (Lipinski definition) is 4. The van der Waals surface area contributed by atoms with E-state index in [1.54, 1.807) is 18.4 Å². The molecule has 2 heterocycles. The highest BCUT2D eigenvalue weighted by Crippen LogP contribution is 2.15. The fourth-order valence-electron chi connectivity index (χ4n) is 2.46. The minimum Gasteiger partial charge on any atom is -0.467 e. The van der Waals surface area contributed by atoms with Crippen molar-refractivity contribution in [2.45, 2.75) is 19.6 Å². The summed E-state index contributed by atoms with van der Waals surface area (Å²) < 4.78 is 7.29. The topological polar surface area (TPSA) is 63.2 Å². The number of aliphatic hydroxyl groups excluding tert-OH is 1. The molecule has 0 bridgehead atoms. The minimum absolute atomic E-state index is 0.423. The van der Waals surface area contributed by atoms with E-state index in [0.29, 0.717) is 18.8 Å². The number of para-hydroxylation sites is 1. The van der Waals surface area contributed by atoms with E-state index >= 15 is 0 Å². The van der Waals surface area contributed by atoms with Gasteiger partial charge in [0.05, 0.1) is 18.2 Å². The molecule has 2 aromatic heterocycles. The number of hydrogen-bond donors (Lipinski definition) is 2. The first-order valence-corrected chi connectivity index (χ1v) is 7.26. The van der Waals surface area contributed by atoms with Gasteiger partial charge < -0.3 is 14.8 Å². The van der Waals surface area contributed by atoms with Crippen molar-refractivity contribution >= 4 is 0 Å². The Morgan fingerprint density at radius 3 is 2.77 bits per heavy atom. The van der Waals surface area contributed by atoms with E-state index in [1.807, 2.05) is 31.3 Å².